The molecule has 4 rings (SSSR count). The molecule has 0 spiro atoms. The van der Waals surface area contributed by atoms with Gasteiger partial charge in [0.25, 0.3) is 0 Å². The highest BCUT2D eigenvalue weighted by molar-refractivity contribution is 6.35. The maximum atomic E-state index is 12.7. The lowest BCUT2D eigenvalue weighted by Gasteiger charge is -2.36. The molecule has 164 valence electrons. The summed E-state index contributed by atoms with van der Waals surface area (Å²) in [6, 6.07) is 11.1. The monoisotopic (exact) mass is 442 g/mol. The quantitative estimate of drug-likeness (QED) is 0.460. The number of amides is 1. The average molecular weight is 443 g/mol. The second kappa shape index (κ2) is 8.79. The first kappa shape index (κ1) is 21.5. The summed E-state index contributed by atoms with van der Waals surface area (Å²) in [7, 11) is 0. The summed E-state index contributed by atoms with van der Waals surface area (Å²) in [5.74, 6) is 0.502. The molecule has 0 aliphatic carbocycles. The number of hydrogen-bond acceptors (Lipinski definition) is 5. The Morgan fingerprint density at radius 2 is 2.06 bits per heavy atom. The van der Waals surface area contributed by atoms with Crippen molar-refractivity contribution >= 4 is 28.7 Å². The minimum absolute atomic E-state index is 0.125. The van der Waals surface area contributed by atoms with Gasteiger partial charge in [0.1, 0.15) is 17.8 Å². The Balaban J connectivity index is 1.51. The lowest BCUT2D eigenvalue weighted by molar-refractivity contribution is 0.00891. The number of aromatic nitrogens is 1. The van der Waals surface area contributed by atoms with Crippen molar-refractivity contribution in [1.82, 2.24) is 9.88 Å². The highest BCUT2D eigenvalue weighted by Gasteiger charge is 2.32. The Morgan fingerprint density at radius 1 is 1.23 bits per heavy atom. The van der Waals surface area contributed by atoms with Crippen LogP contribution in [0.25, 0.3) is 11.0 Å². The summed E-state index contributed by atoms with van der Waals surface area (Å²) < 4.78 is 17.2. The van der Waals surface area contributed by atoms with E-state index in [-0.39, 0.29) is 12.1 Å². The molecule has 0 radical (unpaired) electrons. The number of benzene rings is 1. The molecule has 3 heterocycles. The number of ether oxygens (including phenoxy) is 2. The summed E-state index contributed by atoms with van der Waals surface area (Å²) in [4.78, 5) is 19.2. The van der Waals surface area contributed by atoms with E-state index in [1.165, 1.54) is 0 Å². The molecular weight excluding hydrogens is 416 g/mol. The summed E-state index contributed by atoms with van der Waals surface area (Å²) >= 11 is 6.22. The normalized spacial score (nSPS) is 17.0. The molecule has 1 amide bonds. The lowest BCUT2D eigenvalue weighted by atomic mass is 9.99. The van der Waals surface area contributed by atoms with E-state index in [9.17, 15) is 4.79 Å². The lowest BCUT2D eigenvalue weighted by Crippen LogP contribution is -2.42. The highest BCUT2D eigenvalue weighted by atomic mass is 35.5. The minimum atomic E-state index is -0.534. The van der Waals surface area contributed by atoms with E-state index in [4.69, 9.17) is 30.5 Å². The largest absolute Gasteiger partial charge is 0.473 e. The molecule has 3 aromatic rings. The summed E-state index contributed by atoms with van der Waals surface area (Å²) in [5, 5.41) is 1.51. The first-order valence-corrected chi connectivity index (χ1v) is 10.9. The number of likely N-dealkylation sites (tertiary alicyclic amines) is 1. The molecule has 31 heavy (non-hydrogen) atoms. The SMILES string of the molecule is CC(C)(C)OC(=O)N1CCCCC1c1cccc(OCc2ccc(Cl)c3ccoc23)n1. The van der Waals surface area contributed by atoms with Crippen LogP contribution >= 0.6 is 11.6 Å². The number of fused-ring (bicyclic) bond motifs is 1. The van der Waals surface area contributed by atoms with Crippen molar-refractivity contribution < 1.29 is 18.7 Å². The van der Waals surface area contributed by atoms with Crippen LogP contribution in [0.2, 0.25) is 5.02 Å². The molecule has 1 aromatic carbocycles. The molecule has 1 unspecified atom stereocenters. The average Bonchev–Trinajstić information content (AvgIpc) is 3.23. The van der Waals surface area contributed by atoms with E-state index in [1.54, 1.807) is 11.2 Å². The molecule has 1 saturated heterocycles. The van der Waals surface area contributed by atoms with Gasteiger partial charge in [0.15, 0.2) is 0 Å². The van der Waals surface area contributed by atoms with Crippen LogP contribution in [0.5, 0.6) is 5.88 Å². The third-order valence-electron chi connectivity index (χ3n) is 5.24. The van der Waals surface area contributed by atoms with Gasteiger partial charge in [-0.2, -0.15) is 0 Å². The second-order valence-electron chi connectivity index (χ2n) is 8.74. The second-order valence-corrected chi connectivity index (χ2v) is 9.15. The van der Waals surface area contributed by atoms with Crippen LogP contribution in [0.4, 0.5) is 4.79 Å². The number of piperidine rings is 1. The van der Waals surface area contributed by atoms with Gasteiger partial charge in [0.2, 0.25) is 5.88 Å². The Labute approximate surface area is 187 Å². The first-order valence-electron chi connectivity index (χ1n) is 10.6. The number of pyridine rings is 1. The van der Waals surface area contributed by atoms with Crippen LogP contribution in [-0.4, -0.2) is 28.1 Å². The zero-order valence-corrected chi connectivity index (χ0v) is 18.8. The van der Waals surface area contributed by atoms with Gasteiger partial charge < -0.3 is 13.9 Å². The van der Waals surface area contributed by atoms with Gasteiger partial charge >= 0.3 is 6.09 Å². The molecule has 1 aliphatic rings. The zero-order chi connectivity index (χ0) is 22.0. The third-order valence-corrected chi connectivity index (χ3v) is 5.57. The van der Waals surface area contributed by atoms with Crippen LogP contribution in [-0.2, 0) is 11.3 Å². The predicted octanol–water partition coefficient (Wildman–Crippen LogP) is 6.52. The van der Waals surface area contributed by atoms with E-state index < -0.39 is 5.60 Å². The van der Waals surface area contributed by atoms with Crippen molar-refractivity contribution in [2.24, 2.45) is 0 Å². The fraction of sp³-hybridized carbons (Fsp3) is 0.417. The van der Waals surface area contributed by atoms with Crippen molar-refractivity contribution in [3.63, 3.8) is 0 Å². The zero-order valence-electron chi connectivity index (χ0n) is 18.1. The van der Waals surface area contributed by atoms with Gasteiger partial charge in [-0.05, 0) is 58.2 Å². The van der Waals surface area contributed by atoms with Crippen molar-refractivity contribution in [3.8, 4) is 5.88 Å². The molecule has 7 heteroatoms. The molecular formula is C24H27ClN2O4. The van der Waals surface area contributed by atoms with Crippen LogP contribution in [0.1, 0.15) is 57.3 Å². The van der Waals surface area contributed by atoms with Crippen LogP contribution in [0.15, 0.2) is 47.1 Å². The molecule has 6 nitrogen and oxygen atoms in total. The smallest absolute Gasteiger partial charge is 0.410 e. The van der Waals surface area contributed by atoms with Crippen molar-refractivity contribution in [2.75, 3.05) is 6.54 Å². The van der Waals surface area contributed by atoms with Crippen LogP contribution in [0, 0.1) is 0 Å². The predicted molar refractivity (Wildman–Crippen MR) is 119 cm³/mol. The van der Waals surface area contributed by atoms with Crippen molar-refractivity contribution in [3.05, 3.63) is 58.9 Å². The fourth-order valence-corrected chi connectivity index (χ4v) is 4.04. The van der Waals surface area contributed by atoms with Crippen LogP contribution in [0.3, 0.4) is 0 Å². The number of hydrogen-bond donors (Lipinski definition) is 0. The van der Waals surface area contributed by atoms with Gasteiger partial charge in [0.05, 0.1) is 23.0 Å². The van der Waals surface area contributed by atoms with Gasteiger partial charge in [-0.15, -0.1) is 0 Å². The van der Waals surface area contributed by atoms with Gasteiger partial charge in [0, 0.05) is 23.6 Å². The number of nitrogens with zero attached hydrogens (tertiary/aromatic N) is 2. The molecule has 1 atom stereocenters. The van der Waals surface area contributed by atoms with Gasteiger partial charge in [-0.3, -0.25) is 4.90 Å². The Hall–Kier alpha value is -2.73. The Kier molecular flexibility index (Phi) is 6.10. The summed E-state index contributed by atoms with van der Waals surface area (Å²) in [5.41, 5.74) is 1.88. The van der Waals surface area contributed by atoms with E-state index in [1.807, 2.05) is 57.2 Å². The number of rotatable bonds is 4. The molecule has 0 bridgehead atoms. The van der Waals surface area contributed by atoms with E-state index >= 15 is 0 Å². The van der Waals surface area contributed by atoms with E-state index in [0.29, 0.717) is 29.6 Å². The molecule has 1 fully saturated rings. The van der Waals surface area contributed by atoms with Crippen molar-refractivity contribution in [1.29, 1.82) is 0 Å². The standard InChI is InChI=1S/C24H27ClN2O4/c1-24(2,3)31-23(28)27-13-5-4-8-20(27)19-7-6-9-21(26-19)30-15-16-10-11-18(25)17-12-14-29-22(16)17/h6-7,9-12,14,20H,4-5,8,13,15H2,1-3H3. The molecule has 2 aromatic heterocycles. The summed E-state index contributed by atoms with van der Waals surface area (Å²) in [6.07, 6.45) is 4.17. The maximum Gasteiger partial charge on any atom is 0.410 e. The Morgan fingerprint density at radius 3 is 2.87 bits per heavy atom. The fourth-order valence-electron chi connectivity index (χ4n) is 3.83. The molecule has 1 aliphatic heterocycles. The first-order chi connectivity index (χ1) is 14.8. The van der Waals surface area contributed by atoms with Crippen molar-refractivity contribution in [2.45, 2.75) is 58.3 Å². The number of halogens is 1. The van der Waals surface area contributed by atoms with E-state index in [2.05, 4.69) is 0 Å². The topological polar surface area (TPSA) is 64.8 Å². The number of carbonyl (C=O) groups is 1. The summed E-state index contributed by atoms with van der Waals surface area (Å²) in [6.45, 7) is 6.60. The van der Waals surface area contributed by atoms with Crippen LogP contribution < -0.4 is 4.74 Å². The minimum Gasteiger partial charge on any atom is -0.473 e. The number of carbonyl (C=O) groups excluding carboxylic acids is 1. The maximum absolute atomic E-state index is 12.7. The number of furan rings is 1. The third kappa shape index (κ3) is 4.96. The molecule has 0 N–H and O–H groups in total. The Bertz CT molecular complexity index is 1070. The highest BCUT2D eigenvalue weighted by Crippen LogP contribution is 2.32. The van der Waals surface area contributed by atoms with E-state index in [0.717, 1.165) is 35.9 Å². The van der Waals surface area contributed by atoms with Gasteiger partial charge in [-0.1, -0.05) is 23.7 Å². The van der Waals surface area contributed by atoms with Gasteiger partial charge in [-0.25, -0.2) is 9.78 Å². The molecule has 0 saturated carbocycles.